The van der Waals surface area contributed by atoms with Gasteiger partial charge in [0, 0.05) is 24.0 Å². The zero-order valence-electron chi connectivity index (χ0n) is 9.92. The van der Waals surface area contributed by atoms with Crippen molar-refractivity contribution in [1.82, 2.24) is 19.7 Å². The Morgan fingerprint density at radius 1 is 1.05 bits per heavy atom. The van der Waals surface area contributed by atoms with Crippen LogP contribution in [0.25, 0.3) is 27.5 Å². The van der Waals surface area contributed by atoms with Crippen molar-refractivity contribution in [3.8, 4) is 5.69 Å². The lowest BCUT2D eigenvalue weighted by Gasteiger charge is -1.99. The van der Waals surface area contributed by atoms with Gasteiger partial charge in [0.15, 0.2) is 0 Å². The van der Waals surface area contributed by atoms with Gasteiger partial charge in [-0.1, -0.05) is 18.2 Å². The molecule has 4 rings (SSSR count). The lowest BCUT2D eigenvalue weighted by atomic mass is 10.2. The highest BCUT2D eigenvalue weighted by Crippen LogP contribution is 2.19. The summed E-state index contributed by atoms with van der Waals surface area (Å²) in [6, 6.07) is 9.50. The Bertz CT molecular complexity index is 930. The lowest BCUT2D eigenvalue weighted by molar-refractivity contribution is 0.864. The summed E-state index contributed by atoms with van der Waals surface area (Å²) in [5.74, 6) is 0. The number of para-hydroxylation sites is 1. The van der Waals surface area contributed by atoms with Crippen molar-refractivity contribution in [1.29, 1.82) is 0 Å². The topological polar surface area (TPSA) is 66.5 Å². The number of nitrogens with zero attached hydrogens (tertiary/aromatic N) is 2. The van der Waals surface area contributed by atoms with Crippen LogP contribution in [0.15, 0.2) is 53.7 Å². The van der Waals surface area contributed by atoms with Gasteiger partial charge in [0.05, 0.1) is 22.1 Å². The molecule has 0 aliphatic heterocycles. The van der Waals surface area contributed by atoms with E-state index in [2.05, 4.69) is 15.1 Å². The van der Waals surface area contributed by atoms with Crippen molar-refractivity contribution < 1.29 is 0 Å². The quantitative estimate of drug-likeness (QED) is 0.544. The second-order valence-electron chi connectivity index (χ2n) is 4.39. The van der Waals surface area contributed by atoms with Crippen molar-refractivity contribution in [3.05, 3.63) is 59.3 Å². The highest BCUT2D eigenvalue weighted by molar-refractivity contribution is 6.02. The van der Waals surface area contributed by atoms with E-state index in [4.69, 9.17) is 0 Å². The molecule has 0 radical (unpaired) electrons. The zero-order chi connectivity index (χ0) is 12.8. The first-order valence-electron chi connectivity index (χ1n) is 5.96. The first kappa shape index (κ1) is 10.1. The monoisotopic (exact) mass is 250 g/mol. The first-order chi connectivity index (χ1) is 9.34. The standard InChI is InChI=1S/C14H10N4O/c19-14-11-7-16-12-8-15-6-10(12)13(11)17-18(14)9-4-2-1-3-5-9/h1-8,15,17H. The van der Waals surface area contributed by atoms with Crippen molar-refractivity contribution in [2.75, 3.05) is 0 Å². The summed E-state index contributed by atoms with van der Waals surface area (Å²) in [7, 11) is 0. The molecule has 0 bridgehead atoms. The predicted octanol–water partition coefficient (Wildman–Crippen LogP) is 2.20. The number of fused-ring (bicyclic) bond motifs is 3. The van der Waals surface area contributed by atoms with Gasteiger partial charge in [-0.15, -0.1) is 0 Å². The van der Waals surface area contributed by atoms with Gasteiger partial charge in [-0.05, 0) is 12.1 Å². The molecule has 0 spiro atoms. The minimum atomic E-state index is -0.0863. The van der Waals surface area contributed by atoms with Crippen LogP contribution in [0, 0.1) is 0 Å². The van der Waals surface area contributed by atoms with E-state index >= 15 is 0 Å². The Balaban J connectivity index is 2.14. The molecule has 2 N–H and O–H groups in total. The van der Waals surface area contributed by atoms with Crippen LogP contribution in [0.5, 0.6) is 0 Å². The van der Waals surface area contributed by atoms with E-state index in [1.165, 1.54) is 0 Å². The van der Waals surface area contributed by atoms with Crippen molar-refractivity contribution >= 4 is 21.8 Å². The van der Waals surface area contributed by atoms with Crippen LogP contribution >= 0.6 is 0 Å². The minimum Gasteiger partial charge on any atom is -0.365 e. The second kappa shape index (κ2) is 3.58. The van der Waals surface area contributed by atoms with Crippen molar-refractivity contribution in [3.63, 3.8) is 0 Å². The van der Waals surface area contributed by atoms with E-state index in [-0.39, 0.29) is 5.56 Å². The Labute approximate surface area is 107 Å². The Morgan fingerprint density at radius 3 is 2.74 bits per heavy atom. The molecule has 0 aliphatic carbocycles. The van der Waals surface area contributed by atoms with E-state index in [1.807, 2.05) is 42.7 Å². The molecular formula is C14H10N4O. The second-order valence-corrected chi connectivity index (χ2v) is 4.39. The number of H-pyrrole nitrogens is 2. The van der Waals surface area contributed by atoms with Gasteiger partial charge < -0.3 is 4.98 Å². The van der Waals surface area contributed by atoms with Gasteiger partial charge in [0.1, 0.15) is 0 Å². The molecular weight excluding hydrogens is 240 g/mol. The molecule has 0 amide bonds. The van der Waals surface area contributed by atoms with Gasteiger partial charge in [-0.25, -0.2) is 4.68 Å². The highest BCUT2D eigenvalue weighted by Gasteiger charge is 2.11. The summed E-state index contributed by atoms with van der Waals surface area (Å²) in [6.45, 7) is 0. The van der Waals surface area contributed by atoms with Gasteiger partial charge in [-0.2, -0.15) is 0 Å². The Hall–Kier alpha value is -2.82. The summed E-state index contributed by atoms with van der Waals surface area (Å²) < 4.78 is 1.54. The fourth-order valence-electron chi connectivity index (χ4n) is 2.33. The average Bonchev–Trinajstić information content (AvgIpc) is 3.04. The number of aromatic amines is 2. The van der Waals surface area contributed by atoms with E-state index in [9.17, 15) is 4.79 Å². The fourth-order valence-corrected chi connectivity index (χ4v) is 2.33. The molecule has 5 nitrogen and oxygen atoms in total. The fraction of sp³-hybridized carbons (Fsp3) is 0. The molecule has 4 aromatic rings. The smallest absolute Gasteiger partial charge is 0.280 e. The maximum Gasteiger partial charge on any atom is 0.280 e. The highest BCUT2D eigenvalue weighted by atomic mass is 16.1. The van der Waals surface area contributed by atoms with Crippen molar-refractivity contribution in [2.24, 2.45) is 0 Å². The molecule has 3 heterocycles. The number of aromatic nitrogens is 4. The van der Waals surface area contributed by atoms with Crippen LogP contribution in [0.4, 0.5) is 0 Å². The maximum absolute atomic E-state index is 12.4. The molecule has 0 unspecified atom stereocenters. The molecule has 0 aliphatic rings. The van der Waals surface area contributed by atoms with Crippen LogP contribution in [0.1, 0.15) is 0 Å². The maximum atomic E-state index is 12.4. The Kier molecular flexibility index (Phi) is 1.91. The molecule has 0 atom stereocenters. The van der Waals surface area contributed by atoms with Gasteiger partial charge in [0.2, 0.25) is 0 Å². The lowest BCUT2D eigenvalue weighted by Crippen LogP contribution is -2.13. The SMILES string of the molecule is O=c1c2cnc3c[nH]cc3c2[nH]n1-c1ccccc1. The van der Waals surface area contributed by atoms with Crippen molar-refractivity contribution in [2.45, 2.75) is 0 Å². The van der Waals surface area contributed by atoms with Gasteiger partial charge in [-0.3, -0.25) is 14.9 Å². The van der Waals surface area contributed by atoms with E-state index in [0.717, 1.165) is 22.1 Å². The number of hydrogen-bond donors (Lipinski definition) is 2. The summed E-state index contributed by atoms with van der Waals surface area (Å²) in [5.41, 5.74) is 2.37. The molecule has 5 heteroatoms. The Morgan fingerprint density at radius 2 is 1.89 bits per heavy atom. The molecule has 92 valence electrons. The molecule has 0 saturated heterocycles. The van der Waals surface area contributed by atoms with Crippen LogP contribution in [0.3, 0.4) is 0 Å². The number of benzene rings is 1. The normalized spacial score (nSPS) is 11.4. The average molecular weight is 250 g/mol. The number of hydrogen-bond acceptors (Lipinski definition) is 2. The zero-order valence-corrected chi connectivity index (χ0v) is 9.92. The molecule has 0 saturated carbocycles. The summed E-state index contributed by atoms with van der Waals surface area (Å²) >= 11 is 0. The van der Waals surface area contributed by atoms with Crippen LogP contribution in [0.2, 0.25) is 0 Å². The summed E-state index contributed by atoms with van der Waals surface area (Å²) in [4.78, 5) is 19.7. The van der Waals surface area contributed by atoms with Crippen LogP contribution in [-0.4, -0.2) is 19.7 Å². The first-order valence-corrected chi connectivity index (χ1v) is 5.96. The van der Waals surface area contributed by atoms with Crippen LogP contribution < -0.4 is 5.56 Å². The van der Waals surface area contributed by atoms with Crippen LogP contribution in [-0.2, 0) is 0 Å². The largest absolute Gasteiger partial charge is 0.365 e. The van der Waals surface area contributed by atoms with E-state index in [0.29, 0.717) is 5.39 Å². The minimum absolute atomic E-state index is 0.0863. The predicted molar refractivity (Wildman–Crippen MR) is 73.5 cm³/mol. The summed E-state index contributed by atoms with van der Waals surface area (Å²) in [5, 5.41) is 4.67. The van der Waals surface area contributed by atoms with E-state index < -0.39 is 0 Å². The molecule has 0 fully saturated rings. The van der Waals surface area contributed by atoms with Gasteiger partial charge in [0.25, 0.3) is 5.56 Å². The molecule has 1 aromatic carbocycles. The number of rotatable bonds is 1. The molecule has 19 heavy (non-hydrogen) atoms. The van der Waals surface area contributed by atoms with Gasteiger partial charge >= 0.3 is 0 Å². The number of nitrogens with one attached hydrogen (secondary N) is 2. The van der Waals surface area contributed by atoms with E-state index in [1.54, 1.807) is 10.9 Å². The molecule has 3 aromatic heterocycles. The third-order valence-corrected chi connectivity index (χ3v) is 3.27. The summed E-state index contributed by atoms with van der Waals surface area (Å²) in [6.07, 6.45) is 5.27. The third-order valence-electron chi connectivity index (χ3n) is 3.27. The third kappa shape index (κ3) is 1.35. The number of pyridine rings is 1.